The molecular formula is C27H27N7O. The lowest BCUT2D eigenvalue weighted by molar-refractivity contribution is 0.102. The highest BCUT2D eigenvalue weighted by molar-refractivity contribution is 6.04. The van der Waals surface area contributed by atoms with Crippen LogP contribution in [0.25, 0.3) is 16.9 Å². The molecule has 1 aliphatic rings. The molecule has 8 heteroatoms. The summed E-state index contributed by atoms with van der Waals surface area (Å²) in [6.45, 7) is 4.61. The van der Waals surface area contributed by atoms with Crippen molar-refractivity contribution < 1.29 is 4.79 Å². The summed E-state index contributed by atoms with van der Waals surface area (Å²) in [7, 11) is 0. The zero-order valence-electron chi connectivity index (χ0n) is 19.6. The fourth-order valence-corrected chi connectivity index (χ4v) is 4.59. The van der Waals surface area contributed by atoms with E-state index in [4.69, 9.17) is 10.7 Å². The van der Waals surface area contributed by atoms with Crippen molar-refractivity contribution >= 4 is 23.2 Å². The van der Waals surface area contributed by atoms with Crippen molar-refractivity contribution in [3.8, 4) is 23.2 Å². The molecule has 1 atom stereocenters. The average Bonchev–Trinajstić information content (AvgIpc) is 3.29. The lowest BCUT2D eigenvalue weighted by atomic mass is 9.94. The van der Waals surface area contributed by atoms with Crippen molar-refractivity contribution in [3.63, 3.8) is 0 Å². The van der Waals surface area contributed by atoms with Crippen LogP contribution in [0.1, 0.15) is 41.7 Å². The Balaban J connectivity index is 1.45. The first-order valence-electron chi connectivity index (χ1n) is 11.7. The first-order valence-corrected chi connectivity index (χ1v) is 11.7. The molecule has 176 valence electrons. The molecule has 0 aliphatic carbocycles. The van der Waals surface area contributed by atoms with Crippen molar-refractivity contribution in [1.29, 1.82) is 0 Å². The highest BCUT2D eigenvalue weighted by atomic mass is 16.1. The van der Waals surface area contributed by atoms with Crippen LogP contribution in [0.5, 0.6) is 0 Å². The van der Waals surface area contributed by atoms with E-state index in [0.29, 0.717) is 17.3 Å². The smallest absolute Gasteiger partial charge is 0.256 e. The van der Waals surface area contributed by atoms with Crippen LogP contribution >= 0.6 is 0 Å². The van der Waals surface area contributed by atoms with Gasteiger partial charge >= 0.3 is 0 Å². The maximum Gasteiger partial charge on any atom is 0.256 e. The second kappa shape index (κ2) is 9.95. The SMILES string of the molecule is CC#CCN1CCC[C@H](c2nc(-c3ccc(C(=O)Nc4ccccn4)cc3)n3c(N)nccc23)C1. The van der Waals surface area contributed by atoms with Gasteiger partial charge in [0.2, 0.25) is 5.95 Å². The van der Waals surface area contributed by atoms with E-state index in [-0.39, 0.29) is 11.8 Å². The summed E-state index contributed by atoms with van der Waals surface area (Å²) < 4.78 is 1.91. The summed E-state index contributed by atoms with van der Waals surface area (Å²) in [6, 6.07) is 14.7. The number of anilines is 2. The van der Waals surface area contributed by atoms with Crippen LogP contribution in [0, 0.1) is 11.8 Å². The Morgan fingerprint density at radius 2 is 2.00 bits per heavy atom. The number of nitrogens with two attached hydrogens (primary N) is 1. The molecule has 1 fully saturated rings. The number of amides is 1. The van der Waals surface area contributed by atoms with E-state index in [1.165, 1.54) is 0 Å². The number of pyridine rings is 1. The van der Waals surface area contributed by atoms with Crippen LogP contribution in [0.2, 0.25) is 0 Å². The minimum absolute atomic E-state index is 0.220. The number of fused-ring (bicyclic) bond motifs is 1. The monoisotopic (exact) mass is 465 g/mol. The van der Waals surface area contributed by atoms with Crippen LogP contribution in [-0.4, -0.2) is 49.8 Å². The zero-order chi connectivity index (χ0) is 24.2. The van der Waals surface area contributed by atoms with Gasteiger partial charge in [0, 0.05) is 36.0 Å². The molecule has 0 spiro atoms. The molecule has 1 aromatic carbocycles. The summed E-state index contributed by atoms with van der Waals surface area (Å²) in [5, 5.41) is 2.81. The van der Waals surface area contributed by atoms with E-state index in [1.807, 2.05) is 35.6 Å². The van der Waals surface area contributed by atoms with Crippen molar-refractivity contribution in [2.45, 2.75) is 25.7 Å². The Labute approximate surface area is 204 Å². The lowest BCUT2D eigenvalue weighted by Crippen LogP contribution is -2.34. The van der Waals surface area contributed by atoms with Gasteiger partial charge in [0.15, 0.2) is 0 Å². The Bertz CT molecular complexity index is 1400. The van der Waals surface area contributed by atoms with Crippen molar-refractivity contribution in [1.82, 2.24) is 24.3 Å². The minimum atomic E-state index is -0.220. The van der Waals surface area contributed by atoms with Crippen LogP contribution in [-0.2, 0) is 0 Å². The van der Waals surface area contributed by atoms with E-state index in [2.05, 4.69) is 32.0 Å². The number of likely N-dealkylation sites (tertiary alicyclic amines) is 1. The van der Waals surface area contributed by atoms with Gasteiger partial charge in [-0.05, 0) is 56.6 Å². The molecule has 4 heterocycles. The predicted molar refractivity (Wildman–Crippen MR) is 137 cm³/mol. The van der Waals surface area contributed by atoms with E-state index in [0.717, 1.165) is 55.1 Å². The number of rotatable bonds is 5. The molecule has 5 rings (SSSR count). The Morgan fingerprint density at radius 1 is 1.14 bits per heavy atom. The molecule has 8 nitrogen and oxygen atoms in total. The van der Waals surface area contributed by atoms with E-state index in [9.17, 15) is 4.79 Å². The Morgan fingerprint density at radius 3 is 2.77 bits per heavy atom. The third-order valence-electron chi connectivity index (χ3n) is 6.29. The summed E-state index contributed by atoms with van der Waals surface area (Å²) in [5.41, 5.74) is 9.70. The molecular weight excluding hydrogens is 438 g/mol. The van der Waals surface area contributed by atoms with E-state index in [1.54, 1.807) is 36.7 Å². The molecule has 0 bridgehead atoms. The fraction of sp³-hybridized carbons (Fsp3) is 0.259. The highest BCUT2D eigenvalue weighted by Crippen LogP contribution is 2.33. The largest absolute Gasteiger partial charge is 0.369 e. The normalized spacial score (nSPS) is 16.0. The first-order chi connectivity index (χ1) is 17.1. The molecule has 3 N–H and O–H groups in total. The number of carbonyl (C=O) groups excluding carboxylic acids is 1. The summed E-state index contributed by atoms with van der Waals surface area (Å²) in [4.78, 5) is 28.5. The molecule has 1 aliphatic heterocycles. The van der Waals surface area contributed by atoms with Gasteiger partial charge in [0.25, 0.3) is 5.91 Å². The number of benzene rings is 1. The van der Waals surface area contributed by atoms with Gasteiger partial charge in [-0.25, -0.2) is 15.0 Å². The van der Waals surface area contributed by atoms with Crippen LogP contribution in [0.3, 0.4) is 0 Å². The minimum Gasteiger partial charge on any atom is -0.369 e. The number of carbonyl (C=O) groups is 1. The van der Waals surface area contributed by atoms with Crippen LogP contribution in [0.15, 0.2) is 60.9 Å². The fourth-order valence-electron chi connectivity index (χ4n) is 4.59. The summed E-state index contributed by atoms with van der Waals surface area (Å²) in [6.07, 6.45) is 5.54. The standard InChI is InChI=1S/C27H27N7O/c1-2-3-16-33-17-6-7-21(18-33)24-22-13-15-30-27(28)34(22)25(32-24)19-9-11-20(12-10-19)26(35)31-23-8-4-5-14-29-23/h4-5,8-15,21H,6-7,16-18H2,1H3,(H2,28,30)(H,29,31,35)/t21-/m0/s1. The Kier molecular flexibility index (Phi) is 6.42. The molecule has 1 saturated heterocycles. The predicted octanol–water partition coefficient (Wildman–Crippen LogP) is 3.83. The van der Waals surface area contributed by atoms with E-state index >= 15 is 0 Å². The zero-order valence-corrected chi connectivity index (χ0v) is 19.6. The number of nitrogens with zero attached hydrogens (tertiary/aromatic N) is 5. The maximum atomic E-state index is 12.6. The Hall–Kier alpha value is -4.22. The molecule has 0 unspecified atom stereocenters. The summed E-state index contributed by atoms with van der Waals surface area (Å²) in [5.74, 6) is 7.86. The highest BCUT2D eigenvalue weighted by Gasteiger charge is 2.26. The molecule has 4 aromatic rings. The average molecular weight is 466 g/mol. The number of hydrogen-bond donors (Lipinski definition) is 2. The number of nitrogen functional groups attached to an aromatic ring is 1. The van der Waals surface area contributed by atoms with Gasteiger partial charge in [0.05, 0.1) is 17.8 Å². The molecule has 0 radical (unpaired) electrons. The van der Waals surface area contributed by atoms with Crippen molar-refractivity contribution in [2.24, 2.45) is 0 Å². The van der Waals surface area contributed by atoms with Gasteiger partial charge in [-0.3, -0.25) is 14.1 Å². The molecule has 0 saturated carbocycles. The van der Waals surface area contributed by atoms with Gasteiger partial charge < -0.3 is 11.1 Å². The number of piperidine rings is 1. The third-order valence-corrected chi connectivity index (χ3v) is 6.29. The number of nitrogens with one attached hydrogen (secondary N) is 1. The van der Waals surface area contributed by atoms with Gasteiger partial charge in [-0.1, -0.05) is 24.1 Å². The second-order valence-corrected chi connectivity index (χ2v) is 8.59. The van der Waals surface area contributed by atoms with Gasteiger partial charge in [-0.2, -0.15) is 0 Å². The summed E-state index contributed by atoms with van der Waals surface area (Å²) >= 11 is 0. The van der Waals surface area contributed by atoms with Crippen LogP contribution < -0.4 is 11.1 Å². The van der Waals surface area contributed by atoms with Crippen LogP contribution in [0.4, 0.5) is 11.8 Å². The number of hydrogen-bond acceptors (Lipinski definition) is 6. The van der Waals surface area contributed by atoms with Gasteiger partial charge in [0.1, 0.15) is 11.6 Å². The first kappa shape index (κ1) is 22.6. The maximum absolute atomic E-state index is 12.6. The van der Waals surface area contributed by atoms with Crippen molar-refractivity contribution in [3.05, 3.63) is 72.2 Å². The molecule has 35 heavy (non-hydrogen) atoms. The molecule has 3 aromatic heterocycles. The van der Waals surface area contributed by atoms with Gasteiger partial charge in [-0.15, -0.1) is 5.92 Å². The topological polar surface area (TPSA) is 101 Å². The third kappa shape index (κ3) is 4.72. The van der Waals surface area contributed by atoms with Crippen molar-refractivity contribution in [2.75, 3.05) is 30.7 Å². The quantitative estimate of drug-likeness (QED) is 0.435. The van der Waals surface area contributed by atoms with E-state index < -0.39 is 0 Å². The molecule has 1 amide bonds. The second-order valence-electron chi connectivity index (χ2n) is 8.59. The lowest BCUT2D eigenvalue weighted by Gasteiger charge is -2.30. The number of imidazole rings is 1. The number of aromatic nitrogens is 4.